The molecule has 0 aliphatic carbocycles. The highest BCUT2D eigenvalue weighted by atomic mass is 16.3. The van der Waals surface area contributed by atoms with E-state index in [1.54, 1.807) is 30.2 Å². The van der Waals surface area contributed by atoms with Crippen molar-refractivity contribution >= 4 is 22.4 Å². The minimum absolute atomic E-state index is 0.0354. The number of aliphatic hydroxyl groups excluding tert-OH is 1. The van der Waals surface area contributed by atoms with Crippen LogP contribution >= 0.6 is 0 Å². The first-order valence-corrected chi connectivity index (χ1v) is 9.73. The highest BCUT2D eigenvalue weighted by Gasteiger charge is 2.17. The van der Waals surface area contributed by atoms with Gasteiger partial charge in [0.2, 0.25) is 0 Å². The summed E-state index contributed by atoms with van der Waals surface area (Å²) < 4.78 is 1.72. The molecule has 154 valence electrons. The molecule has 0 aliphatic heterocycles. The maximum absolute atomic E-state index is 10.5. The van der Waals surface area contributed by atoms with E-state index in [4.69, 9.17) is 0 Å². The molecule has 4 rings (SSSR count). The van der Waals surface area contributed by atoms with Gasteiger partial charge < -0.3 is 15.2 Å². The molecule has 1 atom stereocenters. The summed E-state index contributed by atoms with van der Waals surface area (Å²) in [4.78, 5) is 16.3. The summed E-state index contributed by atoms with van der Waals surface area (Å²) >= 11 is 0. The Bertz CT molecular complexity index is 1250. The van der Waals surface area contributed by atoms with Crippen LogP contribution in [0.1, 0.15) is 30.7 Å². The molecule has 0 aliphatic rings. The fraction of sp³-hybridized carbons (Fsp3) is 0.273. The predicted octanol–water partition coefficient (Wildman–Crippen LogP) is 3.67. The number of aliphatic hydroxyl groups is 1. The number of rotatable bonds is 5. The number of aryl methyl sites for hydroxylation is 2. The second-order valence-corrected chi connectivity index (χ2v) is 7.53. The zero-order valence-electron chi connectivity index (χ0n) is 17.4. The van der Waals surface area contributed by atoms with E-state index in [-0.39, 0.29) is 5.88 Å². The monoisotopic (exact) mass is 404 g/mol. The van der Waals surface area contributed by atoms with Crippen LogP contribution in [-0.4, -0.2) is 46.8 Å². The summed E-state index contributed by atoms with van der Waals surface area (Å²) in [6.07, 6.45) is 4.74. The van der Waals surface area contributed by atoms with Gasteiger partial charge in [-0.25, -0.2) is 4.99 Å². The molecule has 0 unspecified atom stereocenters. The number of fused-ring (bicyclic) bond motifs is 1. The van der Waals surface area contributed by atoms with Crippen molar-refractivity contribution in [1.82, 2.24) is 24.7 Å². The Morgan fingerprint density at radius 3 is 2.80 bits per heavy atom. The lowest BCUT2D eigenvalue weighted by Gasteiger charge is -2.06. The molecule has 0 aromatic carbocycles. The van der Waals surface area contributed by atoms with Crippen LogP contribution in [0.25, 0.3) is 22.2 Å². The molecule has 8 heteroatoms. The van der Waals surface area contributed by atoms with Gasteiger partial charge in [-0.15, -0.1) is 0 Å². The maximum atomic E-state index is 10.5. The van der Waals surface area contributed by atoms with E-state index >= 15 is 0 Å². The smallest absolute Gasteiger partial charge is 0.198 e. The molecule has 0 spiro atoms. The molecule has 0 radical (unpaired) electrons. The Kier molecular flexibility index (Phi) is 5.09. The van der Waals surface area contributed by atoms with Crippen molar-refractivity contribution in [2.75, 3.05) is 0 Å². The Morgan fingerprint density at radius 2 is 2.07 bits per heavy atom. The van der Waals surface area contributed by atoms with E-state index in [1.807, 2.05) is 39.0 Å². The van der Waals surface area contributed by atoms with Gasteiger partial charge in [-0.05, 0) is 45.4 Å². The van der Waals surface area contributed by atoms with E-state index in [2.05, 4.69) is 25.0 Å². The lowest BCUT2D eigenvalue weighted by molar-refractivity contribution is 0.167. The van der Waals surface area contributed by atoms with E-state index in [1.165, 1.54) is 0 Å². The summed E-state index contributed by atoms with van der Waals surface area (Å²) in [6.45, 7) is 7.88. The average molecular weight is 404 g/mol. The van der Waals surface area contributed by atoms with Crippen molar-refractivity contribution in [3.8, 4) is 17.1 Å². The number of aliphatic imine (C=N–C) groups is 1. The number of hydrogen-bond acceptors (Lipinski definition) is 6. The highest BCUT2D eigenvalue weighted by Crippen LogP contribution is 2.32. The van der Waals surface area contributed by atoms with Gasteiger partial charge in [0.25, 0.3) is 0 Å². The summed E-state index contributed by atoms with van der Waals surface area (Å²) in [7, 11) is 0. The number of pyridine rings is 2. The second kappa shape index (κ2) is 7.72. The minimum atomic E-state index is -0.499. The van der Waals surface area contributed by atoms with E-state index in [9.17, 15) is 10.2 Å². The molecular weight excluding hydrogens is 380 g/mol. The van der Waals surface area contributed by atoms with Crippen LogP contribution in [-0.2, 0) is 6.54 Å². The lowest BCUT2D eigenvalue weighted by atomic mass is 10.0. The molecule has 30 heavy (non-hydrogen) atoms. The highest BCUT2D eigenvalue weighted by molar-refractivity contribution is 6.13. The fourth-order valence-electron chi connectivity index (χ4n) is 3.54. The average Bonchev–Trinajstić information content (AvgIpc) is 3.19. The zero-order valence-corrected chi connectivity index (χ0v) is 17.4. The number of aromatic nitrogens is 5. The second-order valence-electron chi connectivity index (χ2n) is 7.53. The molecule has 0 fully saturated rings. The number of aromatic amines is 1. The molecule has 0 saturated heterocycles. The quantitative estimate of drug-likeness (QED) is 0.439. The van der Waals surface area contributed by atoms with Gasteiger partial charge >= 0.3 is 0 Å². The van der Waals surface area contributed by atoms with Crippen molar-refractivity contribution in [2.24, 2.45) is 4.99 Å². The van der Waals surface area contributed by atoms with Crippen molar-refractivity contribution in [3.63, 3.8) is 0 Å². The zero-order chi connectivity index (χ0) is 21.4. The molecule has 3 N–H and O–H groups in total. The number of nitrogens with zero attached hydrogens (tertiary/aromatic N) is 5. The minimum Gasteiger partial charge on any atom is -0.494 e. The third-order valence-corrected chi connectivity index (χ3v) is 5.03. The predicted molar refractivity (Wildman–Crippen MR) is 116 cm³/mol. The van der Waals surface area contributed by atoms with Gasteiger partial charge in [0.05, 0.1) is 41.3 Å². The number of nitrogens with one attached hydrogen (secondary N) is 1. The van der Waals surface area contributed by atoms with Gasteiger partial charge in [-0.3, -0.25) is 14.6 Å². The van der Waals surface area contributed by atoms with Gasteiger partial charge in [-0.1, -0.05) is 0 Å². The first kappa shape index (κ1) is 19.8. The van der Waals surface area contributed by atoms with E-state index in [0.29, 0.717) is 23.6 Å². The van der Waals surface area contributed by atoms with Crippen molar-refractivity contribution in [3.05, 3.63) is 53.6 Å². The standard InChI is InChI=1S/C22H24N6O2/c1-12-5-6-23-9-17(12)18-8-16-19(10-24-18)26-22(30)21(16)15(4)25-20-7-13(2)28(27-20)11-14(3)29/h5-10,14,26,29-30H,11H2,1-4H3/t14-/m0/s1. The SMILES string of the molecule is CC(=Nc1cc(C)n(C[C@H](C)O)n1)c1c(O)[nH]c2cnc(-c3cnccc3C)cc12. The number of aromatic hydroxyl groups is 1. The largest absolute Gasteiger partial charge is 0.494 e. The summed E-state index contributed by atoms with van der Waals surface area (Å²) in [5, 5.41) is 25.4. The maximum Gasteiger partial charge on any atom is 0.198 e. The third-order valence-electron chi connectivity index (χ3n) is 5.03. The topological polar surface area (TPSA) is 112 Å². The molecule has 0 bridgehead atoms. The molecule has 4 aromatic rings. The number of H-pyrrole nitrogens is 1. The Labute approximate surface area is 174 Å². The van der Waals surface area contributed by atoms with Crippen LogP contribution in [0.2, 0.25) is 0 Å². The third kappa shape index (κ3) is 3.69. The lowest BCUT2D eigenvalue weighted by Crippen LogP contribution is -2.13. The van der Waals surface area contributed by atoms with Crippen LogP contribution in [0, 0.1) is 13.8 Å². The Morgan fingerprint density at radius 1 is 1.27 bits per heavy atom. The summed E-state index contributed by atoms with van der Waals surface area (Å²) in [5.74, 6) is 0.560. The van der Waals surface area contributed by atoms with Crippen molar-refractivity contribution in [1.29, 1.82) is 0 Å². The Hall–Kier alpha value is -3.52. The summed E-state index contributed by atoms with van der Waals surface area (Å²) in [5.41, 5.74) is 5.65. The van der Waals surface area contributed by atoms with Crippen LogP contribution in [0.3, 0.4) is 0 Å². The Balaban J connectivity index is 1.78. The molecule has 4 aromatic heterocycles. The van der Waals surface area contributed by atoms with E-state index < -0.39 is 6.10 Å². The first-order valence-electron chi connectivity index (χ1n) is 9.73. The van der Waals surface area contributed by atoms with Crippen molar-refractivity contribution in [2.45, 2.75) is 40.3 Å². The molecule has 4 heterocycles. The van der Waals surface area contributed by atoms with E-state index in [0.717, 1.165) is 33.4 Å². The first-order chi connectivity index (χ1) is 14.3. The van der Waals surface area contributed by atoms with Gasteiger partial charge in [0.15, 0.2) is 11.7 Å². The van der Waals surface area contributed by atoms with Crippen LogP contribution < -0.4 is 0 Å². The summed E-state index contributed by atoms with van der Waals surface area (Å²) in [6, 6.07) is 5.72. The van der Waals surface area contributed by atoms with Crippen LogP contribution in [0.15, 0.2) is 41.8 Å². The van der Waals surface area contributed by atoms with Crippen LogP contribution in [0.4, 0.5) is 5.82 Å². The number of hydrogen-bond donors (Lipinski definition) is 3. The fourth-order valence-corrected chi connectivity index (χ4v) is 3.54. The normalized spacial score (nSPS) is 13.2. The van der Waals surface area contributed by atoms with Gasteiger partial charge in [-0.2, -0.15) is 5.10 Å². The van der Waals surface area contributed by atoms with Crippen molar-refractivity contribution < 1.29 is 10.2 Å². The molecule has 0 amide bonds. The van der Waals surface area contributed by atoms with Gasteiger partial charge in [0, 0.05) is 35.1 Å². The molecule has 0 saturated carbocycles. The van der Waals surface area contributed by atoms with Gasteiger partial charge in [0.1, 0.15) is 0 Å². The van der Waals surface area contributed by atoms with Crippen LogP contribution in [0.5, 0.6) is 5.88 Å². The molecular formula is C22H24N6O2. The molecule has 8 nitrogen and oxygen atoms in total.